The minimum atomic E-state index is -0.432. The lowest BCUT2D eigenvalue weighted by Gasteiger charge is -2.23. The largest absolute Gasteiger partial charge is 0.460 e. The van der Waals surface area contributed by atoms with Crippen molar-refractivity contribution in [3.05, 3.63) is 0 Å². The second-order valence-corrected chi connectivity index (χ2v) is 5.28. The van der Waals surface area contributed by atoms with E-state index in [0.717, 1.165) is 0 Å². The molecular weight excluding hydrogens is 184 g/mol. The molecule has 0 unspecified atom stereocenters. The van der Waals surface area contributed by atoms with Crippen LogP contribution < -0.4 is 0 Å². The van der Waals surface area contributed by atoms with Crippen molar-refractivity contribution in [3.8, 4) is 0 Å². The number of carbonyl (C=O) groups is 1. The van der Waals surface area contributed by atoms with Gasteiger partial charge in [-0.15, -0.1) is 0 Å². The smallest absolute Gasteiger partial charge is 0.307 e. The van der Waals surface area contributed by atoms with Crippen molar-refractivity contribution in [3.63, 3.8) is 0 Å². The Morgan fingerprint density at radius 3 is 2.07 bits per heavy atom. The van der Waals surface area contributed by atoms with Gasteiger partial charge in [-0.25, -0.2) is 0 Å². The quantitative estimate of drug-likeness (QED) is 0.399. The summed E-state index contributed by atoms with van der Waals surface area (Å²) in [4.78, 5) is 20.9. The van der Waals surface area contributed by atoms with Crippen LogP contribution in [-0.4, -0.2) is 17.9 Å². The second-order valence-electron chi connectivity index (χ2n) is 5.28. The highest BCUT2D eigenvalue weighted by molar-refractivity contribution is 5.70. The lowest BCUT2D eigenvalue weighted by molar-refractivity contribution is -0.157. The fourth-order valence-corrected chi connectivity index (χ4v) is 1.12. The summed E-state index contributed by atoms with van der Waals surface area (Å²) >= 11 is 0. The van der Waals surface area contributed by atoms with Crippen molar-refractivity contribution in [1.82, 2.24) is 0 Å². The summed E-state index contributed by atoms with van der Waals surface area (Å²) in [6, 6.07) is 0. The molecule has 0 radical (unpaired) electrons. The first kappa shape index (κ1) is 11.5. The van der Waals surface area contributed by atoms with E-state index in [0.29, 0.717) is 6.42 Å². The Kier molecular flexibility index (Phi) is 2.88. The maximum absolute atomic E-state index is 11.5. The van der Waals surface area contributed by atoms with Crippen molar-refractivity contribution in [2.24, 2.45) is 5.41 Å². The third-order valence-electron chi connectivity index (χ3n) is 1.85. The van der Waals surface area contributed by atoms with Crippen molar-refractivity contribution in [2.75, 3.05) is 0 Å². The molecule has 1 rings (SSSR count). The number of ether oxygens (including phenoxy) is 1. The van der Waals surface area contributed by atoms with Gasteiger partial charge in [0.15, 0.2) is 0 Å². The van der Waals surface area contributed by atoms with Crippen LogP contribution in [0.25, 0.3) is 0 Å². The zero-order valence-electron chi connectivity index (χ0n) is 9.42. The molecule has 1 aliphatic rings. The van der Waals surface area contributed by atoms with Crippen LogP contribution in [0.1, 0.15) is 41.0 Å². The van der Waals surface area contributed by atoms with Gasteiger partial charge in [0.05, 0.1) is 6.42 Å². The zero-order chi connectivity index (χ0) is 11.0. The lowest BCUT2D eigenvalue weighted by Crippen LogP contribution is -2.29. The van der Waals surface area contributed by atoms with E-state index in [1.54, 1.807) is 0 Å². The third-order valence-corrected chi connectivity index (χ3v) is 1.85. The van der Waals surface area contributed by atoms with Gasteiger partial charge in [0, 0.05) is 5.41 Å². The monoisotopic (exact) mass is 202 g/mol. The van der Waals surface area contributed by atoms with Gasteiger partial charge >= 0.3 is 5.97 Å². The molecule has 4 nitrogen and oxygen atoms in total. The molecule has 0 aliphatic carbocycles. The van der Waals surface area contributed by atoms with Crippen LogP contribution in [0.4, 0.5) is 0 Å². The van der Waals surface area contributed by atoms with Gasteiger partial charge < -0.3 is 4.74 Å². The molecule has 1 aliphatic heterocycles. The van der Waals surface area contributed by atoms with E-state index in [1.165, 1.54) is 0 Å². The lowest BCUT2D eigenvalue weighted by atomic mass is 9.89. The fourth-order valence-electron chi connectivity index (χ4n) is 1.12. The van der Waals surface area contributed by atoms with E-state index >= 15 is 0 Å². The van der Waals surface area contributed by atoms with Crippen molar-refractivity contribution >= 4 is 5.97 Å². The molecule has 0 bridgehead atoms. The fraction of sp³-hybridized carbons (Fsp3) is 0.900. The molecule has 1 fully saturated rings. The highest BCUT2D eigenvalue weighted by Crippen LogP contribution is 2.37. The van der Waals surface area contributed by atoms with E-state index < -0.39 is 5.60 Å². The van der Waals surface area contributed by atoms with Gasteiger partial charge in [0.2, 0.25) is 6.29 Å². The van der Waals surface area contributed by atoms with Gasteiger partial charge in [-0.3, -0.25) is 4.79 Å². The van der Waals surface area contributed by atoms with E-state index in [2.05, 4.69) is 0 Å². The van der Waals surface area contributed by atoms with Gasteiger partial charge in [0.1, 0.15) is 5.60 Å². The predicted octanol–water partition coefficient (Wildman–Crippen LogP) is 2.03. The van der Waals surface area contributed by atoms with Crippen molar-refractivity contribution < 1.29 is 19.3 Å². The molecule has 1 heterocycles. The van der Waals surface area contributed by atoms with Crippen LogP contribution in [-0.2, 0) is 19.3 Å². The Morgan fingerprint density at radius 2 is 1.71 bits per heavy atom. The Hall–Kier alpha value is -0.610. The van der Waals surface area contributed by atoms with Crippen molar-refractivity contribution in [2.45, 2.75) is 52.9 Å². The standard InChI is InChI=1S/C10H18O4/c1-9(2,3)12-7(11)6-10(4,5)8-13-14-8/h8H,6H2,1-5H3. The van der Waals surface area contributed by atoms with Gasteiger partial charge in [-0.2, -0.15) is 9.78 Å². The van der Waals surface area contributed by atoms with E-state index in [1.807, 2.05) is 34.6 Å². The van der Waals surface area contributed by atoms with Crippen LogP contribution in [0, 0.1) is 5.41 Å². The first-order valence-electron chi connectivity index (χ1n) is 4.75. The molecular formula is C10H18O4. The van der Waals surface area contributed by atoms with Crippen LogP contribution >= 0.6 is 0 Å². The SMILES string of the molecule is CC(C)(C)OC(=O)CC(C)(C)C1OO1. The van der Waals surface area contributed by atoms with Gasteiger partial charge in [-0.05, 0) is 20.8 Å². The third kappa shape index (κ3) is 3.64. The van der Waals surface area contributed by atoms with Crippen molar-refractivity contribution in [1.29, 1.82) is 0 Å². The average Bonchev–Trinajstić information content (AvgIpc) is 2.57. The Labute approximate surface area is 84.4 Å². The molecule has 4 heteroatoms. The van der Waals surface area contributed by atoms with Gasteiger partial charge in [0.25, 0.3) is 0 Å². The molecule has 0 spiro atoms. The Balaban J connectivity index is 2.40. The number of carbonyl (C=O) groups excluding carboxylic acids is 1. The molecule has 82 valence electrons. The summed E-state index contributed by atoms with van der Waals surface area (Å²) < 4.78 is 5.20. The summed E-state index contributed by atoms with van der Waals surface area (Å²) in [5.74, 6) is -0.221. The zero-order valence-corrected chi connectivity index (χ0v) is 9.42. The maximum Gasteiger partial charge on any atom is 0.307 e. The summed E-state index contributed by atoms with van der Waals surface area (Å²) in [7, 11) is 0. The highest BCUT2D eigenvalue weighted by atomic mass is 17.4. The summed E-state index contributed by atoms with van der Waals surface area (Å²) in [5, 5.41) is 0. The molecule has 0 aromatic carbocycles. The first-order chi connectivity index (χ1) is 6.21. The van der Waals surface area contributed by atoms with E-state index in [4.69, 9.17) is 14.5 Å². The Morgan fingerprint density at radius 1 is 1.21 bits per heavy atom. The topological polar surface area (TPSA) is 51.4 Å². The average molecular weight is 202 g/mol. The minimum Gasteiger partial charge on any atom is -0.460 e. The molecule has 0 atom stereocenters. The van der Waals surface area contributed by atoms with Crippen LogP contribution in [0.3, 0.4) is 0 Å². The number of rotatable bonds is 3. The second kappa shape index (κ2) is 3.51. The number of esters is 1. The van der Waals surface area contributed by atoms with Crippen LogP contribution in [0.2, 0.25) is 0 Å². The highest BCUT2D eigenvalue weighted by Gasteiger charge is 2.44. The van der Waals surface area contributed by atoms with E-state index in [-0.39, 0.29) is 17.7 Å². The first-order valence-corrected chi connectivity index (χ1v) is 4.75. The molecule has 14 heavy (non-hydrogen) atoms. The number of hydrogen-bond donors (Lipinski definition) is 0. The van der Waals surface area contributed by atoms with Gasteiger partial charge in [-0.1, -0.05) is 13.8 Å². The maximum atomic E-state index is 11.5. The number of hydrogen-bond acceptors (Lipinski definition) is 4. The molecule has 0 N–H and O–H groups in total. The van der Waals surface area contributed by atoms with Crippen LogP contribution in [0.15, 0.2) is 0 Å². The molecule has 0 aromatic rings. The van der Waals surface area contributed by atoms with E-state index in [9.17, 15) is 4.79 Å². The summed E-state index contributed by atoms with van der Waals surface area (Å²) in [5.41, 5.74) is -0.749. The van der Waals surface area contributed by atoms with Crippen LogP contribution in [0.5, 0.6) is 0 Å². The molecule has 0 saturated carbocycles. The molecule has 0 aromatic heterocycles. The minimum absolute atomic E-state index is 0.221. The molecule has 1 saturated heterocycles. The normalized spacial score (nSPS) is 18.1. The predicted molar refractivity (Wildman–Crippen MR) is 50.2 cm³/mol. The molecule has 0 amide bonds. The summed E-state index contributed by atoms with van der Waals surface area (Å²) in [6.07, 6.45) is 0.0320. The summed E-state index contributed by atoms with van der Waals surface area (Å²) in [6.45, 7) is 9.37. The Bertz CT molecular complexity index is 223.